The van der Waals surface area contributed by atoms with Crippen molar-refractivity contribution in [3.63, 3.8) is 0 Å². The summed E-state index contributed by atoms with van der Waals surface area (Å²) in [6, 6.07) is 9.13. The Morgan fingerprint density at radius 3 is 2.96 bits per heavy atom. The van der Waals surface area contributed by atoms with E-state index in [0.29, 0.717) is 11.3 Å². The van der Waals surface area contributed by atoms with Crippen molar-refractivity contribution in [1.82, 2.24) is 9.97 Å². The highest BCUT2D eigenvalue weighted by Crippen LogP contribution is 2.36. The van der Waals surface area contributed by atoms with Gasteiger partial charge < -0.3 is 21.8 Å². The number of nitrogens with zero attached hydrogens (tertiary/aromatic N) is 2. The number of hydrogen-bond acceptors (Lipinski definition) is 3. The van der Waals surface area contributed by atoms with Crippen LogP contribution < -0.4 is 16.8 Å². The number of pyridine rings is 1. The Kier molecular flexibility index (Phi) is 3.06. The predicted molar refractivity (Wildman–Crippen MR) is 94.5 cm³/mol. The van der Waals surface area contributed by atoms with Crippen molar-refractivity contribution in [3.8, 4) is 0 Å². The molecule has 1 aliphatic rings. The fourth-order valence-corrected chi connectivity index (χ4v) is 2.79. The predicted octanol–water partition coefficient (Wildman–Crippen LogP) is 1.96. The number of benzene rings is 1. The van der Waals surface area contributed by atoms with Gasteiger partial charge in [-0.1, -0.05) is 0 Å². The first-order valence-corrected chi connectivity index (χ1v) is 7.31. The number of aliphatic imine (C=N–C) groups is 1. The number of aromatic nitrogens is 2. The van der Waals surface area contributed by atoms with E-state index in [2.05, 4.69) is 20.3 Å². The lowest BCUT2D eigenvalue weighted by molar-refractivity contribution is -0.110. The van der Waals surface area contributed by atoms with Gasteiger partial charge in [-0.25, -0.2) is 9.98 Å². The minimum atomic E-state index is -0.162. The lowest BCUT2D eigenvalue weighted by Crippen LogP contribution is -2.21. The number of aromatic amines is 1. The molecule has 1 aromatic carbocycles. The quantitative estimate of drug-likeness (QED) is 0.328. The van der Waals surface area contributed by atoms with E-state index in [1.165, 1.54) is 0 Å². The Morgan fingerprint density at radius 2 is 2.12 bits per heavy atom. The second-order valence-corrected chi connectivity index (χ2v) is 5.42. The SMILES string of the molecule is NC(N)=Nc1ccc2c(c1)C(=Cc1c[nH]c3ncccc13)C(=O)N2. The van der Waals surface area contributed by atoms with Crippen LogP contribution in [0, 0.1) is 0 Å². The molecule has 1 amide bonds. The third-order valence-corrected chi connectivity index (χ3v) is 3.83. The number of nitrogens with two attached hydrogens (primary N) is 2. The van der Waals surface area contributed by atoms with Crippen LogP contribution in [-0.4, -0.2) is 21.8 Å². The van der Waals surface area contributed by atoms with E-state index < -0.39 is 0 Å². The first-order valence-electron chi connectivity index (χ1n) is 7.31. The number of fused-ring (bicyclic) bond motifs is 2. The maximum Gasteiger partial charge on any atom is 0.256 e. The molecule has 0 aliphatic carbocycles. The summed E-state index contributed by atoms with van der Waals surface area (Å²) in [6.07, 6.45) is 5.38. The number of carbonyl (C=O) groups excluding carboxylic acids is 1. The zero-order chi connectivity index (χ0) is 16.7. The van der Waals surface area contributed by atoms with Crippen LogP contribution in [-0.2, 0) is 4.79 Å². The highest BCUT2D eigenvalue weighted by atomic mass is 16.2. The van der Waals surface area contributed by atoms with Gasteiger partial charge in [0.05, 0.1) is 5.69 Å². The van der Waals surface area contributed by atoms with Gasteiger partial charge in [0.25, 0.3) is 5.91 Å². The largest absolute Gasteiger partial charge is 0.370 e. The summed E-state index contributed by atoms with van der Waals surface area (Å²) in [5.41, 5.74) is 15.2. The molecule has 2 aromatic heterocycles. The molecule has 118 valence electrons. The van der Waals surface area contributed by atoms with E-state index in [0.717, 1.165) is 27.8 Å². The van der Waals surface area contributed by atoms with Crippen LogP contribution >= 0.6 is 0 Å². The Morgan fingerprint density at radius 1 is 1.25 bits per heavy atom. The first-order chi connectivity index (χ1) is 11.6. The molecule has 0 unspecified atom stereocenters. The second-order valence-electron chi connectivity index (χ2n) is 5.42. The van der Waals surface area contributed by atoms with Gasteiger partial charge >= 0.3 is 0 Å². The van der Waals surface area contributed by atoms with Gasteiger partial charge in [0.1, 0.15) is 5.65 Å². The third kappa shape index (κ3) is 2.28. The number of H-pyrrole nitrogens is 1. The van der Waals surface area contributed by atoms with Crippen molar-refractivity contribution < 1.29 is 4.79 Å². The topological polar surface area (TPSA) is 122 Å². The van der Waals surface area contributed by atoms with Crippen molar-refractivity contribution in [1.29, 1.82) is 0 Å². The van der Waals surface area contributed by atoms with E-state index in [9.17, 15) is 4.79 Å². The van der Waals surface area contributed by atoms with Gasteiger partial charge in [-0.2, -0.15) is 0 Å². The molecule has 3 heterocycles. The number of nitrogens with one attached hydrogen (secondary N) is 2. The molecule has 1 aliphatic heterocycles. The first kappa shape index (κ1) is 14.0. The third-order valence-electron chi connectivity index (χ3n) is 3.83. The lowest BCUT2D eigenvalue weighted by Gasteiger charge is -2.01. The molecular formula is C17H14N6O. The van der Waals surface area contributed by atoms with Gasteiger partial charge in [-0.15, -0.1) is 0 Å². The number of rotatable bonds is 2. The Bertz CT molecular complexity index is 1030. The smallest absolute Gasteiger partial charge is 0.256 e. The van der Waals surface area contributed by atoms with E-state index in [1.807, 2.05) is 24.4 Å². The monoisotopic (exact) mass is 318 g/mol. The summed E-state index contributed by atoms with van der Waals surface area (Å²) < 4.78 is 0. The number of hydrogen-bond donors (Lipinski definition) is 4. The standard InChI is InChI=1S/C17H14N6O/c18-17(19)22-10-3-4-14-12(7-10)13(16(24)23-14)6-9-8-21-15-11(9)2-1-5-20-15/h1-8H,(H,20,21)(H,23,24)(H4,18,19,22). The maximum atomic E-state index is 12.3. The molecule has 0 radical (unpaired) electrons. The van der Waals surface area contributed by atoms with E-state index in [4.69, 9.17) is 11.5 Å². The van der Waals surface area contributed by atoms with Crippen LogP contribution in [0.15, 0.2) is 47.7 Å². The average Bonchev–Trinajstić information content (AvgIpc) is 3.09. The zero-order valence-corrected chi connectivity index (χ0v) is 12.6. The van der Waals surface area contributed by atoms with Crippen molar-refractivity contribution in [3.05, 3.63) is 53.9 Å². The molecule has 0 saturated heterocycles. The van der Waals surface area contributed by atoms with Crippen molar-refractivity contribution >= 4 is 45.9 Å². The van der Waals surface area contributed by atoms with Crippen molar-refractivity contribution in [2.24, 2.45) is 16.5 Å². The molecule has 0 atom stereocenters. The van der Waals surface area contributed by atoms with Gasteiger partial charge in [-0.3, -0.25) is 4.79 Å². The van der Waals surface area contributed by atoms with Crippen LogP contribution in [0.2, 0.25) is 0 Å². The zero-order valence-electron chi connectivity index (χ0n) is 12.6. The van der Waals surface area contributed by atoms with E-state index in [-0.39, 0.29) is 11.9 Å². The normalized spacial score (nSPS) is 14.7. The maximum absolute atomic E-state index is 12.3. The Labute approximate surface area is 137 Å². The molecule has 6 N–H and O–H groups in total. The van der Waals surface area contributed by atoms with E-state index in [1.54, 1.807) is 24.4 Å². The van der Waals surface area contributed by atoms with Gasteiger partial charge in [0.15, 0.2) is 5.96 Å². The minimum Gasteiger partial charge on any atom is -0.370 e. The van der Waals surface area contributed by atoms with Gasteiger partial charge in [0.2, 0.25) is 0 Å². The van der Waals surface area contributed by atoms with Crippen molar-refractivity contribution in [2.45, 2.75) is 0 Å². The average molecular weight is 318 g/mol. The molecule has 7 heteroatoms. The Hall–Kier alpha value is -3.61. The number of guanidine groups is 1. The van der Waals surface area contributed by atoms with Crippen LogP contribution in [0.1, 0.15) is 11.1 Å². The van der Waals surface area contributed by atoms with Crippen molar-refractivity contribution in [2.75, 3.05) is 5.32 Å². The molecule has 24 heavy (non-hydrogen) atoms. The summed E-state index contributed by atoms with van der Waals surface area (Å²) in [5, 5.41) is 3.80. The van der Waals surface area contributed by atoms with Crippen LogP contribution in [0.4, 0.5) is 11.4 Å². The summed E-state index contributed by atoms with van der Waals surface area (Å²) in [7, 11) is 0. The minimum absolute atomic E-state index is 0.0273. The van der Waals surface area contributed by atoms with Crippen LogP contribution in [0.5, 0.6) is 0 Å². The summed E-state index contributed by atoms with van der Waals surface area (Å²) in [5.74, 6) is -0.189. The molecular weight excluding hydrogens is 304 g/mol. The summed E-state index contributed by atoms with van der Waals surface area (Å²) in [4.78, 5) is 23.7. The molecule has 3 aromatic rings. The lowest BCUT2D eigenvalue weighted by atomic mass is 10.0. The van der Waals surface area contributed by atoms with E-state index >= 15 is 0 Å². The van der Waals surface area contributed by atoms with Gasteiger partial charge in [-0.05, 0) is 36.4 Å². The molecule has 0 bridgehead atoms. The molecule has 0 spiro atoms. The van der Waals surface area contributed by atoms with Crippen LogP contribution in [0.3, 0.4) is 0 Å². The Balaban J connectivity index is 1.85. The summed E-state index contributed by atoms with van der Waals surface area (Å²) in [6.45, 7) is 0. The second kappa shape index (κ2) is 5.24. The highest BCUT2D eigenvalue weighted by molar-refractivity contribution is 6.35. The molecule has 4 rings (SSSR count). The fourth-order valence-electron chi connectivity index (χ4n) is 2.79. The number of anilines is 1. The molecule has 0 saturated carbocycles. The molecule has 7 nitrogen and oxygen atoms in total. The highest BCUT2D eigenvalue weighted by Gasteiger charge is 2.24. The molecule has 0 fully saturated rings. The summed E-state index contributed by atoms with van der Waals surface area (Å²) >= 11 is 0. The van der Waals surface area contributed by atoms with Crippen LogP contribution in [0.25, 0.3) is 22.7 Å². The number of carbonyl (C=O) groups is 1. The fraction of sp³-hybridized carbons (Fsp3) is 0. The van der Waals surface area contributed by atoms with Gasteiger partial charge in [0, 0.05) is 40.2 Å². The number of amides is 1.